The van der Waals surface area contributed by atoms with Gasteiger partial charge in [0.2, 0.25) is 5.88 Å². The summed E-state index contributed by atoms with van der Waals surface area (Å²) in [4.78, 5) is 14.7. The molecule has 0 amide bonds. The number of methoxy groups -OCH3 is 1. The minimum atomic E-state index is 0.275. The molecule has 0 aliphatic carbocycles. The van der Waals surface area contributed by atoms with Gasteiger partial charge in [-0.1, -0.05) is 23.7 Å². The van der Waals surface area contributed by atoms with Crippen LogP contribution in [0.5, 0.6) is 5.88 Å². The lowest BCUT2D eigenvalue weighted by Gasteiger charge is -2.20. The van der Waals surface area contributed by atoms with Crippen LogP contribution in [0.15, 0.2) is 35.3 Å². The fraction of sp³-hybridized carbons (Fsp3) is 0.312. The standard InChI is InChI=1S/C16H19ClN4O/c1-4-21(5-2)13-8-6-12(7-9-13)11-18-16-19-14(17)10-15(20-16)22-3/h6-11H,4-5H2,1-3H3/b18-11+. The van der Waals surface area contributed by atoms with Crippen molar-refractivity contribution in [1.29, 1.82) is 0 Å². The SMILES string of the molecule is CCN(CC)c1ccc(/C=N/c2nc(Cl)cc(OC)n2)cc1. The van der Waals surface area contributed by atoms with E-state index in [-0.39, 0.29) is 5.95 Å². The molecule has 2 rings (SSSR count). The second-order valence-corrected chi connectivity index (χ2v) is 4.94. The predicted octanol–water partition coefficient (Wildman–Crippen LogP) is 3.74. The number of hydrogen-bond acceptors (Lipinski definition) is 5. The summed E-state index contributed by atoms with van der Waals surface area (Å²) in [6.45, 7) is 6.26. The highest BCUT2D eigenvalue weighted by molar-refractivity contribution is 6.29. The molecule has 1 heterocycles. The van der Waals surface area contributed by atoms with Crippen LogP contribution in [0.1, 0.15) is 19.4 Å². The van der Waals surface area contributed by atoms with Gasteiger partial charge in [0.25, 0.3) is 5.95 Å². The molecule has 0 atom stereocenters. The summed E-state index contributed by atoms with van der Waals surface area (Å²) in [6, 6.07) is 9.72. The molecule has 0 aliphatic rings. The molecule has 2 aromatic rings. The first kappa shape index (κ1) is 16.2. The zero-order valence-electron chi connectivity index (χ0n) is 13.0. The molecule has 116 valence electrons. The average molecular weight is 319 g/mol. The minimum absolute atomic E-state index is 0.275. The van der Waals surface area contributed by atoms with Gasteiger partial charge in [0.15, 0.2) is 0 Å². The van der Waals surface area contributed by atoms with Gasteiger partial charge < -0.3 is 9.64 Å². The second kappa shape index (κ2) is 7.75. The summed E-state index contributed by atoms with van der Waals surface area (Å²) in [6.07, 6.45) is 1.71. The summed E-state index contributed by atoms with van der Waals surface area (Å²) in [7, 11) is 1.53. The van der Waals surface area contributed by atoms with Crippen LogP contribution in [0.25, 0.3) is 0 Å². The van der Waals surface area contributed by atoms with E-state index in [1.807, 2.05) is 12.1 Å². The van der Waals surface area contributed by atoms with Crippen molar-refractivity contribution in [1.82, 2.24) is 9.97 Å². The molecule has 0 fully saturated rings. The van der Waals surface area contributed by atoms with Crippen LogP contribution in [-0.2, 0) is 0 Å². The Balaban J connectivity index is 2.15. The van der Waals surface area contributed by atoms with E-state index < -0.39 is 0 Å². The lowest BCUT2D eigenvalue weighted by molar-refractivity contribution is 0.397. The van der Waals surface area contributed by atoms with E-state index in [4.69, 9.17) is 16.3 Å². The Kier molecular flexibility index (Phi) is 5.72. The number of rotatable bonds is 6. The summed E-state index contributed by atoms with van der Waals surface area (Å²) >= 11 is 5.89. The molecule has 1 aromatic heterocycles. The first-order chi connectivity index (χ1) is 10.7. The van der Waals surface area contributed by atoms with Crippen LogP contribution in [-0.4, -0.2) is 36.4 Å². The third-order valence-corrected chi connectivity index (χ3v) is 3.41. The molecule has 1 aromatic carbocycles. The third kappa shape index (κ3) is 4.18. The van der Waals surface area contributed by atoms with E-state index in [2.05, 4.69) is 45.8 Å². The van der Waals surface area contributed by atoms with Gasteiger partial charge in [0, 0.05) is 31.1 Å². The molecule has 0 N–H and O–H groups in total. The summed E-state index contributed by atoms with van der Waals surface area (Å²) in [5, 5.41) is 0.302. The van der Waals surface area contributed by atoms with Crippen LogP contribution < -0.4 is 9.64 Å². The van der Waals surface area contributed by atoms with Gasteiger partial charge in [-0.2, -0.15) is 9.97 Å². The largest absolute Gasteiger partial charge is 0.481 e. The quantitative estimate of drug-likeness (QED) is 0.601. The number of aromatic nitrogens is 2. The molecule has 6 heteroatoms. The van der Waals surface area contributed by atoms with Gasteiger partial charge in [-0.3, -0.25) is 0 Å². The van der Waals surface area contributed by atoms with Gasteiger partial charge in [-0.15, -0.1) is 0 Å². The van der Waals surface area contributed by atoms with E-state index in [1.165, 1.54) is 12.8 Å². The number of aliphatic imine (C=N–C) groups is 1. The van der Waals surface area contributed by atoms with E-state index in [9.17, 15) is 0 Å². The van der Waals surface area contributed by atoms with Crippen molar-refractivity contribution in [3.8, 4) is 5.88 Å². The van der Waals surface area contributed by atoms with Crippen LogP contribution >= 0.6 is 11.6 Å². The fourth-order valence-corrected chi connectivity index (χ4v) is 2.21. The third-order valence-electron chi connectivity index (χ3n) is 3.22. The monoisotopic (exact) mass is 318 g/mol. The summed E-state index contributed by atoms with van der Waals surface area (Å²) < 4.78 is 5.04. The Morgan fingerprint density at radius 2 is 1.86 bits per heavy atom. The number of nitrogens with zero attached hydrogens (tertiary/aromatic N) is 4. The maximum atomic E-state index is 5.89. The molecular weight excluding hydrogens is 300 g/mol. The molecule has 0 spiro atoms. The van der Waals surface area contributed by atoms with Crippen molar-refractivity contribution in [2.24, 2.45) is 4.99 Å². The topological polar surface area (TPSA) is 50.6 Å². The minimum Gasteiger partial charge on any atom is -0.481 e. The predicted molar refractivity (Wildman–Crippen MR) is 90.9 cm³/mol. The summed E-state index contributed by atoms with van der Waals surface area (Å²) in [5.41, 5.74) is 2.17. The number of halogens is 1. The molecule has 0 bridgehead atoms. The van der Waals surface area contributed by atoms with Crippen LogP contribution in [0.3, 0.4) is 0 Å². The Hall–Kier alpha value is -2.14. The van der Waals surface area contributed by atoms with Crippen molar-refractivity contribution in [3.05, 3.63) is 41.0 Å². The highest BCUT2D eigenvalue weighted by Crippen LogP contribution is 2.18. The lowest BCUT2D eigenvalue weighted by atomic mass is 10.2. The van der Waals surface area contributed by atoms with Gasteiger partial charge >= 0.3 is 0 Å². The van der Waals surface area contributed by atoms with E-state index in [0.717, 1.165) is 18.7 Å². The highest BCUT2D eigenvalue weighted by atomic mass is 35.5. The van der Waals surface area contributed by atoms with Crippen LogP contribution in [0.4, 0.5) is 11.6 Å². The molecule has 22 heavy (non-hydrogen) atoms. The fourth-order valence-electron chi connectivity index (χ4n) is 2.04. The Morgan fingerprint density at radius 3 is 2.45 bits per heavy atom. The number of ether oxygens (including phenoxy) is 1. The molecule has 0 unspecified atom stereocenters. The molecule has 0 aliphatic heterocycles. The van der Waals surface area contributed by atoms with Gasteiger partial charge in [0.1, 0.15) is 5.15 Å². The van der Waals surface area contributed by atoms with Gasteiger partial charge in [-0.25, -0.2) is 4.99 Å². The number of benzene rings is 1. The first-order valence-corrected chi connectivity index (χ1v) is 7.51. The van der Waals surface area contributed by atoms with Crippen molar-refractivity contribution >= 4 is 29.5 Å². The van der Waals surface area contributed by atoms with Crippen molar-refractivity contribution in [2.75, 3.05) is 25.1 Å². The number of hydrogen-bond donors (Lipinski definition) is 0. The van der Waals surface area contributed by atoms with Crippen LogP contribution in [0, 0.1) is 0 Å². The maximum absolute atomic E-state index is 5.89. The molecule has 0 radical (unpaired) electrons. The van der Waals surface area contributed by atoms with Gasteiger partial charge in [0.05, 0.1) is 7.11 Å². The van der Waals surface area contributed by atoms with Crippen molar-refractivity contribution in [2.45, 2.75) is 13.8 Å². The lowest BCUT2D eigenvalue weighted by Crippen LogP contribution is -2.21. The molecule has 0 saturated heterocycles. The Morgan fingerprint density at radius 1 is 1.18 bits per heavy atom. The molecular formula is C16H19ClN4O. The summed E-state index contributed by atoms with van der Waals surface area (Å²) in [5.74, 6) is 0.668. The average Bonchev–Trinajstić information content (AvgIpc) is 2.54. The van der Waals surface area contributed by atoms with E-state index in [1.54, 1.807) is 12.3 Å². The first-order valence-electron chi connectivity index (χ1n) is 7.14. The van der Waals surface area contributed by atoms with Gasteiger partial charge in [-0.05, 0) is 31.5 Å². The second-order valence-electron chi connectivity index (χ2n) is 4.56. The number of anilines is 1. The molecule has 5 nitrogen and oxygen atoms in total. The van der Waals surface area contributed by atoms with E-state index >= 15 is 0 Å². The van der Waals surface area contributed by atoms with Crippen molar-refractivity contribution in [3.63, 3.8) is 0 Å². The smallest absolute Gasteiger partial charge is 0.254 e. The Bertz CT molecular complexity index is 639. The van der Waals surface area contributed by atoms with Crippen molar-refractivity contribution < 1.29 is 4.74 Å². The van der Waals surface area contributed by atoms with E-state index in [0.29, 0.717) is 11.0 Å². The zero-order valence-corrected chi connectivity index (χ0v) is 13.7. The molecule has 0 saturated carbocycles. The highest BCUT2D eigenvalue weighted by Gasteiger charge is 2.02. The normalized spacial score (nSPS) is 10.9. The maximum Gasteiger partial charge on any atom is 0.254 e. The zero-order chi connectivity index (χ0) is 15.9. The Labute approximate surface area is 135 Å². The van der Waals surface area contributed by atoms with Crippen LogP contribution in [0.2, 0.25) is 5.15 Å².